The molecule has 4 aliphatic heterocycles. The summed E-state index contributed by atoms with van der Waals surface area (Å²) >= 11 is 6.57. The van der Waals surface area contributed by atoms with Gasteiger partial charge in [0.1, 0.15) is 16.8 Å². The first-order valence-electron chi connectivity index (χ1n) is 22.3. The number of rotatable bonds is 14. The van der Waals surface area contributed by atoms with E-state index in [4.69, 9.17) is 21.5 Å². The van der Waals surface area contributed by atoms with Crippen molar-refractivity contribution in [2.45, 2.75) is 69.8 Å². The first-order valence-corrected chi connectivity index (χ1v) is 24.4. The Morgan fingerprint density at radius 2 is 1.71 bits per heavy atom. The Hall–Kier alpha value is -5.99. The summed E-state index contributed by atoms with van der Waals surface area (Å²) in [7, 11) is -2.28. The topological polar surface area (TPSA) is 221 Å². The van der Waals surface area contributed by atoms with E-state index in [1.807, 2.05) is 12.1 Å². The maximum atomic E-state index is 13.1. The summed E-state index contributed by atoms with van der Waals surface area (Å²) in [6, 6.07) is 13.5. The normalized spacial score (nSPS) is 18.7. The van der Waals surface area contributed by atoms with Crippen LogP contribution in [0.2, 0.25) is 5.02 Å². The van der Waals surface area contributed by atoms with Gasteiger partial charge in [0, 0.05) is 106 Å². The van der Waals surface area contributed by atoms with Crippen molar-refractivity contribution < 1.29 is 27.5 Å². The highest BCUT2D eigenvalue weighted by Gasteiger charge is 2.39. The number of imide groups is 1. The summed E-state index contributed by atoms with van der Waals surface area (Å²) in [5.41, 5.74) is 7.44. The van der Waals surface area contributed by atoms with E-state index in [0.29, 0.717) is 58.3 Å². The Kier molecular flexibility index (Phi) is 13.1. The molecule has 0 spiro atoms. The van der Waals surface area contributed by atoms with E-state index in [1.54, 1.807) is 24.1 Å². The van der Waals surface area contributed by atoms with Gasteiger partial charge in [-0.25, -0.2) is 18.5 Å². The lowest BCUT2D eigenvalue weighted by molar-refractivity contribution is -0.136. The number of carbonyl (C=O) groups excluding carboxylic acids is 3. The van der Waals surface area contributed by atoms with Crippen molar-refractivity contribution in [3.05, 3.63) is 93.9 Å². The lowest BCUT2D eigenvalue weighted by Gasteiger charge is -2.43. The largest absolute Gasteiger partial charge is 0.494 e. The zero-order valence-corrected chi connectivity index (χ0v) is 38.5. The molecule has 3 saturated heterocycles. The molecule has 3 aromatic carbocycles. The second-order valence-electron chi connectivity index (χ2n) is 17.2. The van der Waals surface area contributed by atoms with E-state index in [2.05, 4.69) is 75.7 Å². The predicted molar refractivity (Wildman–Crippen MR) is 252 cm³/mol. The second-order valence-corrected chi connectivity index (χ2v) is 19.3. The molecule has 346 valence electrons. The third-order valence-electron chi connectivity index (χ3n) is 13.1. The molecule has 5 N–H and O–H groups in total. The van der Waals surface area contributed by atoms with Gasteiger partial charge in [0.25, 0.3) is 5.91 Å². The lowest BCUT2D eigenvalue weighted by Crippen LogP contribution is -2.53. The van der Waals surface area contributed by atoms with Crippen LogP contribution >= 0.6 is 11.6 Å². The van der Waals surface area contributed by atoms with E-state index in [-0.39, 0.29) is 40.9 Å². The van der Waals surface area contributed by atoms with Crippen LogP contribution in [0.4, 0.5) is 28.8 Å². The van der Waals surface area contributed by atoms with Crippen LogP contribution in [0.15, 0.2) is 61.1 Å². The highest BCUT2D eigenvalue weighted by Crippen LogP contribution is 2.38. The number of ether oxygens (including phenoxy) is 1. The van der Waals surface area contributed by atoms with Gasteiger partial charge in [-0.15, -0.1) is 0 Å². The lowest BCUT2D eigenvalue weighted by atomic mass is 9.99. The van der Waals surface area contributed by atoms with E-state index in [0.717, 1.165) is 88.3 Å². The van der Waals surface area contributed by atoms with Crippen LogP contribution in [-0.2, 0) is 44.8 Å². The van der Waals surface area contributed by atoms with Crippen LogP contribution in [0.5, 0.6) is 5.75 Å². The number of methoxy groups -OCH3 is 1. The summed E-state index contributed by atoms with van der Waals surface area (Å²) in [6.07, 6.45) is 8.90. The minimum atomic E-state index is -3.92. The zero-order valence-electron chi connectivity index (χ0n) is 36.9. The molecule has 18 nitrogen and oxygen atoms in total. The van der Waals surface area contributed by atoms with Gasteiger partial charge in [-0.05, 0) is 73.1 Å². The van der Waals surface area contributed by atoms with Crippen molar-refractivity contribution in [1.82, 2.24) is 40.0 Å². The molecule has 0 aliphatic carbocycles. The number of nitrogens with zero attached hydrogens (tertiary/aromatic N) is 8. The molecule has 0 bridgehead atoms. The van der Waals surface area contributed by atoms with Crippen molar-refractivity contribution in [2.24, 2.45) is 5.14 Å². The number of anilines is 5. The molecular weight excluding hydrogens is 884 g/mol. The van der Waals surface area contributed by atoms with Crippen molar-refractivity contribution >= 4 is 79.2 Å². The molecule has 9 rings (SSSR count). The van der Waals surface area contributed by atoms with Crippen molar-refractivity contribution in [1.29, 1.82) is 0 Å². The van der Waals surface area contributed by atoms with Gasteiger partial charge >= 0.3 is 0 Å². The number of amides is 3. The van der Waals surface area contributed by atoms with Gasteiger partial charge < -0.3 is 30.1 Å². The Morgan fingerprint density at radius 3 is 2.45 bits per heavy atom. The van der Waals surface area contributed by atoms with Gasteiger partial charge in [0.2, 0.25) is 27.8 Å². The number of nitrogens with two attached hydrogens (primary N) is 1. The fraction of sp³-hybridized carbons (Fsp3) is 0.413. The Morgan fingerprint density at radius 1 is 0.924 bits per heavy atom. The van der Waals surface area contributed by atoms with E-state index in [1.165, 1.54) is 24.2 Å². The number of primary sulfonamides is 1. The van der Waals surface area contributed by atoms with Crippen molar-refractivity contribution in [2.75, 3.05) is 68.5 Å². The number of hydrogen-bond acceptors (Lipinski definition) is 15. The molecule has 66 heavy (non-hydrogen) atoms. The quantitative estimate of drug-likeness (QED) is 0.113. The van der Waals surface area contributed by atoms with Gasteiger partial charge in [-0.2, -0.15) is 4.98 Å². The summed E-state index contributed by atoms with van der Waals surface area (Å²) < 4.78 is 30.4. The molecule has 0 saturated carbocycles. The smallest absolute Gasteiger partial charge is 0.255 e. The predicted octanol–water partition coefficient (Wildman–Crippen LogP) is 4.51. The number of nitrogens with one attached hydrogen (secondary N) is 3. The first kappa shape index (κ1) is 45.2. The molecule has 5 aromatic rings. The minimum Gasteiger partial charge on any atom is -0.494 e. The number of piperidine rings is 2. The number of piperazine rings is 1. The van der Waals surface area contributed by atoms with Gasteiger partial charge in [-0.3, -0.25) is 34.6 Å². The monoisotopic (exact) mass is 936 g/mol. The Labute approximate surface area is 388 Å². The summed E-state index contributed by atoms with van der Waals surface area (Å²) in [4.78, 5) is 64.2. The summed E-state index contributed by atoms with van der Waals surface area (Å²) in [5, 5.41) is 14.5. The van der Waals surface area contributed by atoms with Crippen LogP contribution in [0.25, 0.3) is 11.0 Å². The average Bonchev–Trinajstić information content (AvgIpc) is 3.64. The minimum absolute atomic E-state index is 0.141. The highest BCUT2D eigenvalue weighted by atomic mass is 35.5. The molecular formula is C46H53ClN12O6S. The first-order chi connectivity index (χ1) is 31.8. The third kappa shape index (κ3) is 9.76. The molecule has 20 heteroatoms. The zero-order chi connectivity index (χ0) is 46.1. The number of sulfonamides is 1. The Bertz CT molecular complexity index is 2800. The molecule has 3 amide bonds. The van der Waals surface area contributed by atoms with E-state index < -0.39 is 21.8 Å². The van der Waals surface area contributed by atoms with E-state index in [9.17, 15) is 22.8 Å². The fourth-order valence-electron chi connectivity index (χ4n) is 9.67. The van der Waals surface area contributed by atoms with E-state index >= 15 is 0 Å². The molecule has 1 atom stereocenters. The fourth-order valence-corrected chi connectivity index (χ4v) is 10.5. The van der Waals surface area contributed by atoms with Crippen molar-refractivity contribution in [3.8, 4) is 5.75 Å². The number of carbonyl (C=O) groups is 3. The molecule has 4 aliphatic rings. The molecule has 0 radical (unpaired) electrons. The number of aromatic nitrogens is 4. The molecule has 6 heterocycles. The van der Waals surface area contributed by atoms with Crippen LogP contribution in [-0.4, -0.2) is 126 Å². The molecule has 2 aromatic heterocycles. The standard InChI is InChI=1S/C46H53ClN12O6S/c1-3-29-23-37(53-46-51-25-34(47)43(55-46)52-35-6-7-36-42(50-14-13-49-36)33(35)27-66(48,63)64)40(65-2)24-39(29)58-16-11-31(12-17-58)57-20-18-56(19-21-57)15-10-28-4-5-32-30(22-28)26-59(45(32)62)38-8-9-41(60)54-44(38)61/h4-7,13-14,22-25,31,38H,3,8-12,15-21,26-27H2,1-2H3,(H2,48,63,64)(H,54,60,61)(H2,51,52,53,55). The Balaban J connectivity index is 0.789. The van der Waals surface area contributed by atoms with Crippen LogP contribution in [0, 0.1) is 0 Å². The maximum absolute atomic E-state index is 13.1. The van der Waals surface area contributed by atoms with Crippen LogP contribution in [0.1, 0.15) is 65.2 Å². The van der Waals surface area contributed by atoms with Gasteiger partial charge in [0.15, 0.2) is 5.82 Å². The molecule has 1 unspecified atom stereocenters. The third-order valence-corrected chi connectivity index (χ3v) is 14.1. The summed E-state index contributed by atoms with van der Waals surface area (Å²) in [5.74, 6) is -0.141. The maximum Gasteiger partial charge on any atom is 0.255 e. The van der Waals surface area contributed by atoms with Gasteiger partial charge in [0.05, 0.1) is 35.8 Å². The number of benzene rings is 3. The van der Waals surface area contributed by atoms with Crippen LogP contribution < -0.4 is 30.7 Å². The van der Waals surface area contributed by atoms with Crippen molar-refractivity contribution in [3.63, 3.8) is 0 Å². The summed E-state index contributed by atoms with van der Waals surface area (Å²) in [6.45, 7) is 9.39. The second kappa shape index (κ2) is 19.1. The number of aryl methyl sites for hydroxylation is 1. The van der Waals surface area contributed by atoms with Crippen LogP contribution in [0.3, 0.4) is 0 Å². The highest BCUT2D eigenvalue weighted by molar-refractivity contribution is 7.88. The van der Waals surface area contributed by atoms with Gasteiger partial charge in [-0.1, -0.05) is 30.7 Å². The number of fused-ring (bicyclic) bond motifs is 2. The number of hydrogen-bond donors (Lipinski definition) is 4. The molecule has 3 fully saturated rings. The number of halogens is 1. The SMILES string of the molecule is CCc1cc(Nc2ncc(Cl)c(Nc3ccc4nccnc4c3CS(N)(=O)=O)n2)c(OC)cc1N1CCC(N2CCN(CCc3ccc4c(c3)CN(C3CCC(=O)NC3=O)C4=O)CC2)CC1. The average molecular weight is 938 g/mol.